The van der Waals surface area contributed by atoms with Gasteiger partial charge >= 0.3 is 5.97 Å². The molecule has 0 amide bonds. The Bertz CT molecular complexity index is 364. The van der Waals surface area contributed by atoms with Crippen molar-refractivity contribution in [1.29, 1.82) is 0 Å². The summed E-state index contributed by atoms with van der Waals surface area (Å²) in [5.41, 5.74) is 2.74. The van der Waals surface area contributed by atoms with Crippen molar-refractivity contribution >= 4 is 5.97 Å². The molecular weight excluding hydrogens is 202 g/mol. The standard InChI is InChI=1S/C13H17NO2/c1-2-14(9-13(15)16)12-7-10-5-3-4-6-11(10)8-12/h3-6,12H,2,7-9H2,1H3,(H,15,16). The van der Waals surface area contributed by atoms with Crippen molar-refractivity contribution in [2.75, 3.05) is 13.1 Å². The summed E-state index contributed by atoms with van der Waals surface area (Å²) in [6.45, 7) is 2.96. The van der Waals surface area contributed by atoms with Gasteiger partial charge in [0.2, 0.25) is 0 Å². The molecule has 0 heterocycles. The average molecular weight is 219 g/mol. The highest BCUT2D eigenvalue weighted by Crippen LogP contribution is 2.25. The smallest absolute Gasteiger partial charge is 0.317 e. The number of carboxylic acid groups (broad SMARTS) is 1. The first kappa shape index (κ1) is 11.1. The van der Waals surface area contributed by atoms with E-state index in [1.165, 1.54) is 11.1 Å². The van der Waals surface area contributed by atoms with E-state index < -0.39 is 5.97 Å². The minimum atomic E-state index is -0.738. The lowest BCUT2D eigenvalue weighted by Crippen LogP contribution is -2.39. The van der Waals surface area contributed by atoms with E-state index in [4.69, 9.17) is 5.11 Å². The molecule has 1 aromatic rings. The molecule has 0 saturated heterocycles. The Labute approximate surface area is 95.7 Å². The number of hydrogen-bond acceptors (Lipinski definition) is 2. The Balaban J connectivity index is 2.06. The van der Waals surface area contributed by atoms with Gasteiger partial charge in [-0.1, -0.05) is 31.2 Å². The quantitative estimate of drug-likeness (QED) is 0.835. The number of benzene rings is 1. The summed E-state index contributed by atoms with van der Waals surface area (Å²) in [6, 6.07) is 8.75. The highest BCUT2D eigenvalue weighted by atomic mass is 16.4. The predicted octanol–water partition coefficient (Wildman–Crippen LogP) is 1.56. The van der Waals surface area contributed by atoms with E-state index in [9.17, 15) is 4.79 Å². The van der Waals surface area contributed by atoms with E-state index in [0.717, 1.165) is 19.4 Å². The molecule has 1 N–H and O–H groups in total. The molecule has 0 spiro atoms. The zero-order valence-corrected chi connectivity index (χ0v) is 9.52. The van der Waals surface area contributed by atoms with Crippen LogP contribution in [0.15, 0.2) is 24.3 Å². The third-order valence-electron chi connectivity index (χ3n) is 3.29. The maximum absolute atomic E-state index is 10.8. The van der Waals surface area contributed by atoms with E-state index in [0.29, 0.717) is 6.04 Å². The number of rotatable bonds is 4. The minimum absolute atomic E-state index is 0.148. The van der Waals surface area contributed by atoms with E-state index in [2.05, 4.69) is 24.3 Å². The van der Waals surface area contributed by atoms with Gasteiger partial charge in [-0.25, -0.2) is 0 Å². The Kier molecular flexibility index (Phi) is 3.25. The lowest BCUT2D eigenvalue weighted by atomic mass is 10.1. The number of carbonyl (C=O) groups is 1. The second-order valence-electron chi connectivity index (χ2n) is 4.29. The third kappa shape index (κ3) is 2.25. The summed E-state index contributed by atoms with van der Waals surface area (Å²) in [6.07, 6.45) is 1.97. The molecule has 2 rings (SSSR count). The summed E-state index contributed by atoms with van der Waals surface area (Å²) >= 11 is 0. The van der Waals surface area contributed by atoms with Crippen LogP contribution < -0.4 is 0 Å². The van der Waals surface area contributed by atoms with E-state index >= 15 is 0 Å². The summed E-state index contributed by atoms with van der Waals surface area (Å²) in [4.78, 5) is 12.8. The molecule has 16 heavy (non-hydrogen) atoms. The number of likely N-dealkylation sites (N-methyl/N-ethyl adjacent to an activating group) is 1. The van der Waals surface area contributed by atoms with Crippen LogP contribution in [0.5, 0.6) is 0 Å². The Morgan fingerprint density at radius 3 is 2.38 bits per heavy atom. The van der Waals surface area contributed by atoms with Crippen molar-refractivity contribution in [3.05, 3.63) is 35.4 Å². The molecule has 0 fully saturated rings. The first-order valence-corrected chi connectivity index (χ1v) is 5.73. The van der Waals surface area contributed by atoms with Crippen molar-refractivity contribution in [2.45, 2.75) is 25.8 Å². The highest BCUT2D eigenvalue weighted by molar-refractivity contribution is 5.69. The van der Waals surface area contributed by atoms with Gasteiger partial charge in [-0.2, -0.15) is 0 Å². The molecule has 3 heteroatoms. The van der Waals surface area contributed by atoms with Gasteiger partial charge in [0.25, 0.3) is 0 Å². The van der Waals surface area contributed by atoms with Crippen molar-refractivity contribution in [3.8, 4) is 0 Å². The predicted molar refractivity (Wildman–Crippen MR) is 62.5 cm³/mol. The number of aliphatic carboxylic acids is 1. The zero-order valence-electron chi connectivity index (χ0n) is 9.52. The Morgan fingerprint density at radius 2 is 1.94 bits per heavy atom. The first-order chi connectivity index (χ1) is 7.70. The van der Waals surface area contributed by atoms with Gasteiger partial charge in [-0.3, -0.25) is 9.69 Å². The fourth-order valence-electron chi connectivity index (χ4n) is 2.47. The van der Waals surface area contributed by atoms with Crippen LogP contribution in [0.1, 0.15) is 18.1 Å². The van der Waals surface area contributed by atoms with Gasteiger partial charge in [-0.15, -0.1) is 0 Å². The lowest BCUT2D eigenvalue weighted by Gasteiger charge is -2.25. The van der Waals surface area contributed by atoms with Crippen LogP contribution in [0.2, 0.25) is 0 Å². The molecule has 0 aliphatic heterocycles. The number of hydrogen-bond donors (Lipinski definition) is 1. The van der Waals surface area contributed by atoms with E-state index in [-0.39, 0.29) is 6.54 Å². The SMILES string of the molecule is CCN(CC(=O)O)C1Cc2ccccc2C1. The third-order valence-corrected chi connectivity index (χ3v) is 3.29. The summed E-state index contributed by atoms with van der Waals surface area (Å²) in [5.74, 6) is -0.738. The van der Waals surface area contributed by atoms with Crippen LogP contribution in [0.3, 0.4) is 0 Å². The molecule has 0 atom stereocenters. The van der Waals surface area contributed by atoms with Gasteiger partial charge in [-0.05, 0) is 30.5 Å². The number of fused-ring (bicyclic) bond motifs is 1. The second kappa shape index (κ2) is 4.66. The Hall–Kier alpha value is -1.35. The van der Waals surface area contributed by atoms with Gasteiger partial charge in [0.1, 0.15) is 0 Å². The fourth-order valence-corrected chi connectivity index (χ4v) is 2.47. The van der Waals surface area contributed by atoms with Crippen molar-refractivity contribution in [3.63, 3.8) is 0 Å². The summed E-state index contributed by atoms with van der Waals surface area (Å²) in [5, 5.41) is 8.85. The summed E-state index contributed by atoms with van der Waals surface area (Å²) < 4.78 is 0. The van der Waals surface area contributed by atoms with E-state index in [1.54, 1.807) is 0 Å². The molecule has 86 valence electrons. The Morgan fingerprint density at radius 1 is 1.38 bits per heavy atom. The topological polar surface area (TPSA) is 40.5 Å². The minimum Gasteiger partial charge on any atom is -0.480 e. The maximum Gasteiger partial charge on any atom is 0.317 e. The molecular formula is C13H17NO2. The molecule has 0 bridgehead atoms. The molecule has 3 nitrogen and oxygen atoms in total. The molecule has 0 saturated carbocycles. The van der Waals surface area contributed by atoms with Crippen LogP contribution >= 0.6 is 0 Å². The zero-order chi connectivity index (χ0) is 11.5. The fraction of sp³-hybridized carbons (Fsp3) is 0.462. The molecule has 0 unspecified atom stereocenters. The normalized spacial score (nSPS) is 15.4. The van der Waals surface area contributed by atoms with E-state index in [1.807, 2.05) is 11.8 Å². The molecule has 1 aliphatic carbocycles. The largest absolute Gasteiger partial charge is 0.480 e. The molecule has 1 aliphatic rings. The van der Waals surface area contributed by atoms with Crippen LogP contribution in [0.25, 0.3) is 0 Å². The van der Waals surface area contributed by atoms with Crippen molar-refractivity contribution < 1.29 is 9.90 Å². The van der Waals surface area contributed by atoms with Crippen molar-refractivity contribution in [2.24, 2.45) is 0 Å². The summed E-state index contributed by atoms with van der Waals surface area (Å²) in [7, 11) is 0. The second-order valence-corrected chi connectivity index (χ2v) is 4.29. The first-order valence-electron chi connectivity index (χ1n) is 5.73. The van der Waals surface area contributed by atoms with Crippen LogP contribution in [0, 0.1) is 0 Å². The average Bonchev–Trinajstić information content (AvgIpc) is 2.68. The highest BCUT2D eigenvalue weighted by Gasteiger charge is 2.26. The van der Waals surface area contributed by atoms with Crippen molar-refractivity contribution in [1.82, 2.24) is 4.90 Å². The van der Waals surface area contributed by atoms with Crippen LogP contribution in [0.4, 0.5) is 0 Å². The van der Waals surface area contributed by atoms with Gasteiger partial charge in [0, 0.05) is 6.04 Å². The van der Waals surface area contributed by atoms with Gasteiger partial charge in [0.05, 0.1) is 6.54 Å². The lowest BCUT2D eigenvalue weighted by molar-refractivity contribution is -0.138. The monoisotopic (exact) mass is 219 g/mol. The van der Waals surface area contributed by atoms with Gasteiger partial charge in [0.15, 0.2) is 0 Å². The number of nitrogens with zero attached hydrogens (tertiary/aromatic N) is 1. The van der Waals surface area contributed by atoms with Gasteiger partial charge < -0.3 is 5.11 Å². The van der Waals surface area contributed by atoms with Crippen LogP contribution in [-0.2, 0) is 17.6 Å². The molecule has 0 aromatic heterocycles. The van der Waals surface area contributed by atoms with Crippen LogP contribution in [-0.4, -0.2) is 35.1 Å². The maximum atomic E-state index is 10.8. The molecule has 0 radical (unpaired) electrons. The number of carboxylic acids is 1. The molecule has 1 aromatic carbocycles.